The topological polar surface area (TPSA) is 29.0 Å². The Morgan fingerprint density at radius 3 is 2.78 bits per heavy atom. The maximum absolute atomic E-state index is 6.04. The van der Waals surface area contributed by atoms with Gasteiger partial charge in [0.2, 0.25) is 0 Å². The zero-order chi connectivity index (χ0) is 13.1. The number of aromatic nitrogens is 2. The van der Waals surface area contributed by atoms with Crippen LogP contribution >= 0.6 is 22.9 Å². The minimum atomic E-state index is 0.276. The third-order valence-corrected chi connectivity index (χ3v) is 3.63. The number of hydrogen-bond donors (Lipinski definition) is 0. The molecule has 0 unspecified atom stereocenters. The van der Waals surface area contributed by atoms with Gasteiger partial charge >= 0.3 is 0 Å². The summed E-state index contributed by atoms with van der Waals surface area (Å²) in [6, 6.07) is 5.98. The van der Waals surface area contributed by atoms with Gasteiger partial charge in [0.05, 0.1) is 6.54 Å². The normalized spacial score (nSPS) is 10.9. The van der Waals surface area contributed by atoms with E-state index in [2.05, 4.69) is 46.2 Å². The molecule has 0 bridgehead atoms. The van der Waals surface area contributed by atoms with Crippen molar-refractivity contribution in [1.29, 1.82) is 0 Å². The van der Waals surface area contributed by atoms with E-state index in [1.807, 2.05) is 7.05 Å². The van der Waals surface area contributed by atoms with Crippen LogP contribution in [0.1, 0.15) is 30.5 Å². The molecule has 0 saturated heterocycles. The molecule has 2 rings (SSSR count). The van der Waals surface area contributed by atoms with Crippen LogP contribution in [0.4, 0.5) is 5.82 Å². The van der Waals surface area contributed by atoms with Gasteiger partial charge in [-0.15, -0.1) is 11.3 Å². The van der Waals surface area contributed by atoms with Gasteiger partial charge in [-0.2, -0.15) is 0 Å². The third-order valence-electron chi connectivity index (χ3n) is 2.58. The molecule has 0 spiro atoms. The van der Waals surface area contributed by atoms with Crippen LogP contribution in [0, 0.1) is 0 Å². The van der Waals surface area contributed by atoms with Crippen molar-refractivity contribution in [2.45, 2.75) is 26.3 Å². The highest BCUT2D eigenvalue weighted by Crippen LogP contribution is 2.21. The number of hydrogen-bond acceptors (Lipinski definition) is 4. The predicted octanol–water partition coefficient (Wildman–Crippen LogP) is 3.95. The summed E-state index contributed by atoms with van der Waals surface area (Å²) in [5.41, 5.74) is 0. The van der Waals surface area contributed by atoms with Crippen molar-refractivity contribution < 1.29 is 0 Å². The lowest BCUT2D eigenvalue weighted by Crippen LogP contribution is -2.18. The van der Waals surface area contributed by atoms with Crippen molar-refractivity contribution in [1.82, 2.24) is 9.97 Å². The Labute approximate surface area is 116 Å². The average molecular weight is 282 g/mol. The first kappa shape index (κ1) is 13.3. The molecule has 0 amide bonds. The van der Waals surface area contributed by atoms with Gasteiger partial charge in [-0.1, -0.05) is 31.5 Å². The fourth-order valence-electron chi connectivity index (χ4n) is 1.59. The molecule has 2 heterocycles. The summed E-state index contributed by atoms with van der Waals surface area (Å²) in [4.78, 5) is 12.2. The summed E-state index contributed by atoms with van der Waals surface area (Å²) >= 11 is 7.79. The van der Waals surface area contributed by atoms with Crippen molar-refractivity contribution >= 4 is 28.8 Å². The lowest BCUT2D eigenvalue weighted by Gasteiger charge is -2.18. The monoisotopic (exact) mass is 281 g/mol. The molecule has 0 aliphatic heterocycles. The molecule has 0 fully saturated rings. The van der Waals surface area contributed by atoms with Crippen LogP contribution in [0.2, 0.25) is 5.15 Å². The number of halogens is 1. The van der Waals surface area contributed by atoms with Crippen LogP contribution < -0.4 is 4.90 Å². The van der Waals surface area contributed by atoms with Gasteiger partial charge in [-0.25, -0.2) is 9.97 Å². The molecule has 0 radical (unpaired) electrons. The van der Waals surface area contributed by atoms with E-state index in [9.17, 15) is 0 Å². The van der Waals surface area contributed by atoms with Crippen molar-refractivity contribution in [3.05, 3.63) is 39.4 Å². The fraction of sp³-hybridized carbons (Fsp3) is 0.385. The molecule has 96 valence electrons. The molecular weight excluding hydrogens is 266 g/mol. The van der Waals surface area contributed by atoms with Crippen molar-refractivity contribution in [3.63, 3.8) is 0 Å². The Balaban J connectivity index is 2.21. The van der Waals surface area contributed by atoms with Crippen LogP contribution in [-0.2, 0) is 6.54 Å². The van der Waals surface area contributed by atoms with E-state index >= 15 is 0 Å². The first-order valence-electron chi connectivity index (χ1n) is 5.84. The fourth-order valence-corrected chi connectivity index (χ4v) is 2.54. The molecule has 0 aliphatic rings. The molecule has 0 saturated carbocycles. The highest BCUT2D eigenvalue weighted by molar-refractivity contribution is 7.09. The van der Waals surface area contributed by atoms with Gasteiger partial charge < -0.3 is 4.90 Å². The first-order chi connectivity index (χ1) is 8.56. The highest BCUT2D eigenvalue weighted by atomic mass is 35.5. The molecular formula is C13H16ClN3S. The number of thiophene rings is 1. The van der Waals surface area contributed by atoms with Gasteiger partial charge in [0.25, 0.3) is 0 Å². The second kappa shape index (κ2) is 5.67. The Hall–Kier alpha value is -1.13. The molecule has 18 heavy (non-hydrogen) atoms. The van der Waals surface area contributed by atoms with Gasteiger partial charge in [-0.3, -0.25) is 0 Å². The van der Waals surface area contributed by atoms with E-state index in [4.69, 9.17) is 11.6 Å². The largest absolute Gasteiger partial charge is 0.354 e. The van der Waals surface area contributed by atoms with Crippen LogP contribution in [0.3, 0.4) is 0 Å². The average Bonchev–Trinajstić information content (AvgIpc) is 2.80. The zero-order valence-electron chi connectivity index (χ0n) is 10.7. The van der Waals surface area contributed by atoms with Crippen LogP contribution in [0.15, 0.2) is 23.6 Å². The standard InChI is InChI=1S/C13H16ClN3S/c1-9(2)13-15-11(14)7-12(16-13)17(3)8-10-5-4-6-18-10/h4-7,9H,8H2,1-3H3. The summed E-state index contributed by atoms with van der Waals surface area (Å²) in [5, 5.41) is 2.58. The number of rotatable bonds is 4. The van der Waals surface area contributed by atoms with Gasteiger partial charge in [-0.05, 0) is 11.4 Å². The first-order valence-corrected chi connectivity index (χ1v) is 7.10. The SMILES string of the molecule is CC(C)c1nc(Cl)cc(N(C)Cc2cccs2)n1. The molecule has 0 N–H and O–H groups in total. The summed E-state index contributed by atoms with van der Waals surface area (Å²) in [6.07, 6.45) is 0. The minimum absolute atomic E-state index is 0.276. The van der Waals surface area contributed by atoms with Crippen LogP contribution in [0.5, 0.6) is 0 Å². The Morgan fingerprint density at radius 1 is 1.39 bits per heavy atom. The quantitative estimate of drug-likeness (QED) is 0.795. The molecule has 2 aromatic heterocycles. The maximum Gasteiger partial charge on any atom is 0.135 e. The molecule has 3 nitrogen and oxygen atoms in total. The molecule has 0 aromatic carbocycles. The summed E-state index contributed by atoms with van der Waals surface area (Å²) in [5.74, 6) is 1.93. The molecule has 2 aromatic rings. The van der Waals surface area contributed by atoms with E-state index in [-0.39, 0.29) is 5.92 Å². The van der Waals surface area contributed by atoms with Gasteiger partial charge in [0.15, 0.2) is 0 Å². The van der Waals surface area contributed by atoms with Gasteiger partial charge in [0.1, 0.15) is 16.8 Å². The zero-order valence-corrected chi connectivity index (χ0v) is 12.3. The number of anilines is 1. The van der Waals surface area contributed by atoms with E-state index < -0.39 is 0 Å². The Bertz CT molecular complexity index is 511. The highest BCUT2D eigenvalue weighted by Gasteiger charge is 2.10. The summed E-state index contributed by atoms with van der Waals surface area (Å²) < 4.78 is 0. The predicted molar refractivity (Wildman–Crippen MR) is 77.6 cm³/mol. The van der Waals surface area contributed by atoms with Crippen LogP contribution in [0.25, 0.3) is 0 Å². The van der Waals surface area contributed by atoms with Crippen molar-refractivity contribution in [3.8, 4) is 0 Å². The Morgan fingerprint density at radius 2 is 2.17 bits per heavy atom. The molecule has 0 aliphatic carbocycles. The van der Waals surface area contributed by atoms with E-state index in [0.717, 1.165) is 18.2 Å². The second-order valence-corrected chi connectivity index (χ2v) is 5.92. The lowest BCUT2D eigenvalue weighted by atomic mass is 10.2. The van der Waals surface area contributed by atoms with E-state index in [0.29, 0.717) is 5.15 Å². The maximum atomic E-state index is 6.04. The van der Waals surface area contributed by atoms with Crippen molar-refractivity contribution in [2.24, 2.45) is 0 Å². The van der Waals surface area contributed by atoms with E-state index in [1.165, 1.54) is 4.88 Å². The molecule has 5 heteroatoms. The molecule has 0 atom stereocenters. The van der Waals surface area contributed by atoms with Crippen molar-refractivity contribution in [2.75, 3.05) is 11.9 Å². The minimum Gasteiger partial charge on any atom is -0.354 e. The van der Waals surface area contributed by atoms with E-state index in [1.54, 1.807) is 17.4 Å². The third kappa shape index (κ3) is 3.21. The van der Waals surface area contributed by atoms with Gasteiger partial charge in [0, 0.05) is 23.9 Å². The smallest absolute Gasteiger partial charge is 0.135 e. The Kier molecular flexibility index (Phi) is 4.19. The summed E-state index contributed by atoms with van der Waals surface area (Å²) in [7, 11) is 2.02. The number of nitrogens with zero attached hydrogens (tertiary/aromatic N) is 3. The van der Waals surface area contributed by atoms with Crippen LogP contribution in [-0.4, -0.2) is 17.0 Å². The second-order valence-electron chi connectivity index (χ2n) is 4.50. The lowest BCUT2D eigenvalue weighted by molar-refractivity contribution is 0.763. The summed E-state index contributed by atoms with van der Waals surface area (Å²) in [6.45, 7) is 4.96.